The lowest BCUT2D eigenvalue weighted by Crippen LogP contribution is -2.27. The first-order valence-corrected chi connectivity index (χ1v) is 8.04. The molecule has 23 heavy (non-hydrogen) atoms. The number of hydrogen-bond donors (Lipinski definition) is 1. The fourth-order valence-electron chi connectivity index (χ4n) is 2.21. The molecule has 0 aliphatic rings. The van der Waals surface area contributed by atoms with Crippen molar-refractivity contribution in [3.8, 4) is 5.75 Å². The first kappa shape index (κ1) is 17.1. The summed E-state index contributed by atoms with van der Waals surface area (Å²) >= 11 is 0. The Hall–Kier alpha value is -2.23. The summed E-state index contributed by atoms with van der Waals surface area (Å²) in [6.45, 7) is 8.31. The van der Waals surface area contributed by atoms with E-state index in [0.717, 1.165) is 29.4 Å². The van der Waals surface area contributed by atoms with Crippen LogP contribution in [0.4, 0.5) is 10.5 Å². The van der Waals surface area contributed by atoms with E-state index in [9.17, 15) is 4.79 Å². The molecule has 0 fully saturated rings. The first-order valence-electron chi connectivity index (χ1n) is 8.04. The molecule has 0 bridgehead atoms. The summed E-state index contributed by atoms with van der Waals surface area (Å²) in [6, 6.07) is 11.7. The van der Waals surface area contributed by atoms with Crippen molar-refractivity contribution in [3.63, 3.8) is 0 Å². The van der Waals surface area contributed by atoms with E-state index in [0.29, 0.717) is 12.3 Å². The minimum Gasteiger partial charge on any atom is -0.493 e. The third-order valence-corrected chi connectivity index (χ3v) is 3.22. The molecule has 4 nitrogen and oxygen atoms in total. The zero-order chi connectivity index (χ0) is 16.9. The number of unbranched alkanes of at least 4 members (excludes halogenated alkanes) is 1. The van der Waals surface area contributed by atoms with Gasteiger partial charge in [-0.15, -0.1) is 0 Å². The summed E-state index contributed by atoms with van der Waals surface area (Å²) in [4.78, 5) is 12.0. The van der Waals surface area contributed by atoms with Crippen molar-refractivity contribution in [1.82, 2.24) is 0 Å². The van der Waals surface area contributed by atoms with E-state index in [4.69, 9.17) is 9.47 Å². The third-order valence-electron chi connectivity index (χ3n) is 3.22. The Morgan fingerprint density at radius 1 is 1.17 bits per heavy atom. The molecule has 2 rings (SSSR count). The Morgan fingerprint density at radius 2 is 1.91 bits per heavy atom. The molecule has 4 heteroatoms. The molecule has 0 saturated carbocycles. The number of rotatable bonds is 5. The fraction of sp³-hybridized carbons (Fsp3) is 0.421. The summed E-state index contributed by atoms with van der Waals surface area (Å²) < 4.78 is 11.2. The van der Waals surface area contributed by atoms with E-state index in [1.54, 1.807) is 0 Å². The van der Waals surface area contributed by atoms with Crippen LogP contribution in [0, 0.1) is 0 Å². The number of carbonyl (C=O) groups excluding carboxylic acids is 1. The number of hydrogen-bond acceptors (Lipinski definition) is 3. The summed E-state index contributed by atoms with van der Waals surface area (Å²) in [5, 5.41) is 4.84. The highest BCUT2D eigenvalue weighted by atomic mass is 16.6. The van der Waals surface area contributed by atoms with Gasteiger partial charge in [0.25, 0.3) is 0 Å². The second kappa shape index (κ2) is 7.36. The van der Waals surface area contributed by atoms with Gasteiger partial charge >= 0.3 is 6.09 Å². The van der Waals surface area contributed by atoms with Crippen LogP contribution in [-0.2, 0) is 4.74 Å². The highest BCUT2D eigenvalue weighted by molar-refractivity contribution is 5.95. The van der Waals surface area contributed by atoms with Gasteiger partial charge in [0.2, 0.25) is 0 Å². The molecule has 0 heterocycles. The average Bonchev–Trinajstić information content (AvgIpc) is 2.45. The van der Waals surface area contributed by atoms with Crippen molar-refractivity contribution in [2.24, 2.45) is 0 Å². The van der Waals surface area contributed by atoms with Gasteiger partial charge in [0, 0.05) is 17.1 Å². The number of ether oxygens (including phenoxy) is 2. The average molecular weight is 315 g/mol. The minimum absolute atomic E-state index is 0.465. The number of carbonyl (C=O) groups is 1. The van der Waals surface area contributed by atoms with E-state index in [-0.39, 0.29) is 0 Å². The predicted molar refractivity (Wildman–Crippen MR) is 94.2 cm³/mol. The Labute approximate surface area is 137 Å². The van der Waals surface area contributed by atoms with Crippen LogP contribution in [0.1, 0.15) is 40.5 Å². The zero-order valence-corrected chi connectivity index (χ0v) is 14.3. The molecule has 0 saturated heterocycles. The van der Waals surface area contributed by atoms with Gasteiger partial charge in [0.05, 0.1) is 6.61 Å². The van der Waals surface area contributed by atoms with Crippen LogP contribution in [0.3, 0.4) is 0 Å². The number of anilines is 1. The summed E-state index contributed by atoms with van der Waals surface area (Å²) in [5.74, 6) is 0.780. The summed E-state index contributed by atoms with van der Waals surface area (Å²) in [7, 11) is 0. The van der Waals surface area contributed by atoms with Crippen molar-refractivity contribution in [1.29, 1.82) is 0 Å². The van der Waals surface area contributed by atoms with E-state index >= 15 is 0 Å². The predicted octanol–water partition coefficient (Wildman–Crippen LogP) is 5.37. The van der Waals surface area contributed by atoms with Crippen LogP contribution in [0.15, 0.2) is 36.4 Å². The van der Waals surface area contributed by atoms with E-state index < -0.39 is 11.7 Å². The SMILES string of the molecule is CCCCOc1cc(NC(=O)OC(C)(C)C)cc2ccccc12. The van der Waals surface area contributed by atoms with Gasteiger partial charge < -0.3 is 9.47 Å². The summed E-state index contributed by atoms with van der Waals surface area (Å²) in [5.41, 5.74) is 0.144. The quantitative estimate of drug-likeness (QED) is 0.755. The van der Waals surface area contributed by atoms with Crippen molar-refractivity contribution < 1.29 is 14.3 Å². The normalized spacial score (nSPS) is 11.3. The zero-order valence-electron chi connectivity index (χ0n) is 14.3. The van der Waals surface area contributed by atoms with Gasteiger partial charge in [-0.1, -0.05) is 37.6 Å². The van der Waals surface area contributed by atoms with E-state index in [1.165, 1.54) is 0 Å². The highest BCUT2D eigenvalue weighted by Crippen LogP contribution is 2.30. The molecule has 0 spiro atoms. The number of benzene rings is 2. The van der Waals surface area contributed by atoms with Crippen LogP contribution in [0.2, 0.25) is 0 Å². The van der Waals surface area contributed by atoms with Crippen LogP contribution in [0.25, 0.3) is 10.8 Å². The lowest BCUT2D eigenvalue weighted by molar-refractivity contribution is 0.0636. The maximum Gasteiger partial charge on any atom is 0.412 e. The topological polar surface area (TPSA) is 47.6 Å². The third kappa shape index (κ3) is 5.16. The molecule has 1 amide bonds. The van der Waals surface area contributed by atoms with E-state index in [2.05, 4.69) is 12.2 Å². The fourth-order valence-corrected chi connectivity index (χ4v) is 2.21. The van der Waals surface area contributed by atoms with Gasteiger partial charge in [-0.2, -0.15) is 0 Å². The Bertz CT molecular complexity index is 674. The standard InChI is InChI=1S/C19H25NO3/c1-5-6-11-22-17-13-15(20-18(21)23-19(2,3)4)12-14-9-7-8-10-16(14)17/h7-10,12-13H,5-6,11H2,1-4H3,(H,20,21). The molecule has 2 aromatic carbocycles. The number of amides is 1. The molecule has 1 N–H and O–H groups in total. The lowest BCUT2D eigenvalue weighted by Gasteiger charge is -2.20. The monoisotopic (exact) mass is 315 g/mol. The molecule has 0 radical (unpaired) electrons. The van der Waals surface area contributed by atoms with Crippen LogP contribution in [-0.4, -0.2) is 18.3 Å². The second-order valence-corrected chi connectivity index (χ2v) is 6.52. The molecule has 0 aromatic heterocycles. The summed E-state index contributed by atoms with van der Waals surface area (Å²) in [6.07, 6.45) is 1.61. The molecule has 0 aliphatic carbocycles. The van der Waals surface area contributed by atoms with Crippen LogP contribution < -0.4 is 10.1 Å². The molecular weight excluding hydrogens is 290 g/mol. The van der Waals surface area contributed by atoms with Crippen molar-refractivity contribution in [3.05, 3.63) is 36.4 Å². The largest absolute Gasteiger partial charge is 0.493 e. The van der Waals surface area contributed by atoms with E-state index in [1.807, 2.05) is 57.2 Å². The Balaban J connectivity index is 2.24. The van der Waals surface area contributed by atoms with Crippen LogP contribution >= 0.6 is 0 Å². The molecular formula is C19H25NO3. The molecule has 0 unspecified atom stereocenters. The highest BCUT2D eigenvalue weighted by Gasteiger charge is 2.16. The minimum atomic E-state index is -0.526. The molecule has 2 aromatic rings. The van der Waals surface area contributed by atoms with Gasteiger partial charge in [0.15, 0.2) is 0 Å². The maximum atomic E-state index is 12.0. The Kier molecular flexibility index (Phi) is 5.48. The second-order valence-electron chi connectivity index (χ2n) is 6.52. The van der Waals surface area contributed by atoms with Crippen LogP contribution in [0.5, 0.6) is 5.75 Å². The van der Waals surface area contributed by atoms with Gasteiger partial charge in [-0.3, -0.25) is 5.32 Å². The van der Waals surface area contributed by atoms with Gasteiger partial charge in [-0.05, 0) is 38.6 Å². The molecule has 124 valence electrons. The lowest BCUT2D eigenvalue weighted by atomic mass is 10.1. The van der Waals surface area contributed by atoms with Crippen molar-refractivity contribution in [2.45, 2.75) is 46.1 Å². The first-order chi connectivity index (χ1) is 10.9. The van der Waals surface area contributed by atoms with Crippen molar-refractivity contribution >= 4 is 22.6 Å². The smallest absolute Gasteiger partial charge is 0.412 e. The molecule has 0 atom stereocenters. The maximum absolute atomic E-state index is 12.0. The number of nitrogens with one attached hydrogen (secondary N) is 1. The number of fused-ring (bicyclic) bond motifs is 1. The van der Waals surface area contributed by atoms with Gasteiger partial charge in [-0.25, -0.2) is 4.79 Å². The Morgan fingerprint density at radius 3 is 2.61 bits per heavy atom. The molecule has 0 aliphatic heterocycles. The van der Waals surface area contributed by atoms with Gasteiger partial charge in [0.1, 0.15) is 11.4 Å². The van der Waals surface area contributed by atoms with Crippen molar-refractivity contribution in [2.75, 3.05) is 11.9 Å².